The molecule has 1 aliphatic rings. The van der Waals surface area contributed by atoms with Gasteiger partial charge in [-0.3, -0.25) is 4.90 Å². The Balaban J connectivity index is 1.41. The van der Waals surface area contributed by atoms with Gasteiger partial charge in [-0.2, -0.15) is 0 Å². The first-order valence-corrected chi connectivity index (χ1v) is 8.96. The van der Waals surface area contributed by atoms with Gasteiger partial charge in [0.25, 0.3) is 0 Å². The topological polar surface area (TPSA) is 57.9 Å². The lowest BCUT2D eigenvalue weighted by atomic mass is 9.99. The minimum absolute atomic E-state index is 0.327. The van der Waals surface area contributed by atoms with Crippen molar-refractivity contribution in [3.8, 4) is 11.5 Å². The van der Waals surface area contributed by atoms with Crippen LogP contribution in [0.15, 0.2) is 48.7 Å². The quantitative estimate of drug-likeness (QED) is 0.741. The number of nitrogens with zero attached hydrogens (tertiary/aromatic N) is 2. The summed E-state index contributed by atoms with van der Waals surface area (Å²) in [5.74, 6) is 1.17. The van der Waals surface area contributed by atoms with E-state index < -0.39 is 6.10 Å². The van der Waals surface area contributed by atoms with Gasteiger partial charge in [0.1, 0.15) is 11.5 Å². The number of aliphatic hydroxyl groups excluding tert-OH is 1. The Morgan fingerprint density at radius 1 is 1.08 bits per heavy atom. The largest absolute Gasteiger partial charge is 0.508 e. The molecule has 2 aromatic carbocycles. The molecule has 0 radical (unpaired) electrons. The normalized spacial score (nSPS) is 15.8. The maximum Gasteiger partial charge on any atom is 0.119 e. The summed E-state index contributed by atoms with van der Waals surface area (Å²) in [5.41, 5.74) is 3.55. The lowest BCUT2D eigenvalue weighted by Gasteiger charge is -2.30. The van der Waals surface area contributed by atoms with Crippen LogP contribution in [0.1, 0.15) is 11.1 Å². The number of phenols is 1. The van der Waals surface area contributed by atoms with Gasteiger partial charge < -0.3 is 19.5 Å². The summed E-state index contributed by atoms with van der Waals surface area (Å²) < 4.78 is 7.36. The monoisotopic (exact) mass is 352 g/mol. The predicted octanol–water partition coefficient (Wildman–Crippen LogP) is 2.77. The maximum absolute atomic E-state index is 10.6. The molecular formula is C21H24N2O3. The van der Waals surface area contributed by atoms with Crippen LogP contribution in [0.4, 0.5) is 0 Å². The molecule has 1 atom stereocenters. The molecule has 0 bridgehead atoms. The SMILES string of the molecule is COc1ccc2c(ccn2C[C@H](O)CN2CCc3cc(O)ccc3C2)c1. The minimum Gasteiger partial charge on any atom is -0.508 e. The zero-order valence-corrected chi connectivity index (χ0v) is 14.9. The Morgan fingerprint density at radius 3 is 2.81 bits per heavy atom. The molecule has 3 aromatic rings. The third-order valence-electron chi connectivity index (χ3n) is 5.14. The van der Waals surface area contributed by atoms with Crippen molar-refractivity contribution in [3.05, 3.63) is 59.8 Å². The second-order valence-electron chi connectivity index (χ2n) is 6.98. The van der Waals surface area contributed by atoms with Crippen LogP contribution in [0.25, 0.3) is 10.9 Å². The van der Waals surface area contributed by atoms with Crippen molar-refractivity contribution in [2.75, 3.05) is 20.2 Å². The summed E-state index contributed by atoms with van der Waals surface area (Å²) in [6, 6.07) is 13.6. The molecule has 2 heterocycles. The van der Waals surface area contributed by atoms with Crippen molar-refractivity contribution in [3.63, 3.8) is 0 Å². The number of hydrogen-bond acceptors (Lipinski definition) is 4. The molecule has 0 fully saturated rings. The number of aromatic hydroxyl groups is 1. The van der Waals surface area contributed by atoms with Crippen LogP contribution in [-0.4, -0.2) is 46.0 Å². The highest BCUT2D eigenvalue weighted by Gasteiger charge is 2.19. The van der Waals surface area contributed by atoms with Crippen molar-refractivity contribution in [1.29, 1.82) is 0 Å². The summed E-state index contributed by atoms with van der Waals surface area (Å²) in [6.45, 7) is 2.92. The van der Waals surface area contributed by atoms with Crippen molar-refractivity contribution < 1.29 is 14.9 Å². The molecule has 2 N–H and O–H groups in total. The number of β-amino-alcohol motifs (C(OH)–C–C–N with tert-alkyl or cyclic N) is 1. The molecule has 26 heavy (non-hydrogen) atoms. The number of methoxy groups -OCH3 is 1. The fourth-order valence-corrected chi connectivity index (χ4v) is 3.80. The van der Waals surface area contributed by atoms with E-state index in [1.807, 2.05) is 42.6 Å². The smallest absolute Gasteiger partial charge is 0.119 e. The number of hydrogen-bond donors (Lipinski definition) is 2. The van der Waals surface area contributed by atoms with Crippen LogP contribution in [0.5, 0.6) is 11.5 Å². The van der Waals surface area contributed by atoms with Gasteiger partial charge in [0.15, 0.2) is 0 Å². The van der Waals surface area contributed by atoms with E-state index in [0.29, 0.717) is 18.8 Å². The van der Waals surface area contributed by atoms with Gasteiger partial charge in [0.2, 0.25) is 0 Å². The number of rotatable bonds is 5. The molecule has 0 aliphatic carbocycles. The second kappa shape index (κ2) is 7.02. The summed E-state index contributed by atoms with van der Waals surface area (Å²) in [6.07, 6.45) is 2.48. The first kappa shape index (κ1) is 16.9. The van der Waals surface area contributed by atoms with E-state index in [2.05, 4.69) is 9.47 Å². The number of aliphatic hydroxyl groups is 1. The third kappa shape index (κ3) is 3.41. The number of fused-ring (bicyclic) bond motifs is 2. The lowest BCUT2D eigenvalue weighted by molar-refractivity contribution is 0.0927. The van der Waals surface area contributed by atoms with Crippen LogP contribution in [0, 0.1) is 0 Å². The fraction of sp³-hybridized carbons (Fsp3) is 0.333. The van der Waals surface area contributed by atoms with Gasteiger partial charge in [-0.15, -0.1) is 0 Å². The van der Waals surface area contributed by atoms with Gasteiger partial charge in [-0.1, -0.05) is 6.07 Å². The predicted molar refractivity (Wildman–Crippen MR) is 102 cm³/mol. The van der Waals surface area contributed by atoms with Gasteiger partial charge in [-0.25, -0.2) is 0 Å². The van der Waals surface area contributed by atoms with Gasteiger partial charge in [0.05, 0.1) is 13.2 Å². The molecule has 1 aliphatic heterocycles. The molecule has 0 saturated heterocycles. The number of ether oxygens (including phenoxy) is 1. The molecule has 5 heteroatoms. The lowest BCUT2D eigenvalue weighted by Crippen LogP contribution is -2.38. The average Bonchev–Trinajstić information content (AvgIpc) is 3.03. The van der Waals surface area contributed by atoms with Crippen LogP contribution in [-0.2, 0) is 19.5 Å². The average molecular weight is 352 g/mol. The number of phenolic OH excluding ortho intramolecular Hbond substituents is 1. The van der Waals surface area contributed by atoms with Gasteiger partial charge in [0, 0.05) is 43.3 Å². The Bertz CT molecular complexity index is 919. The van der Waals surface area contributed by atoms with Crippen molar-refractivity contribution >= 4 is 10.9 Å². The van der Waals surface area contributed by atoms with E-state index in [1.165, 1.54) is 11.1 Å². The molecule has 0 saturated carbocycles. The minimum atomic E-state index is -0.439. The van der Waals surface area contributed by atoms with E-state index in [0.717, 1.165) is 36.2 Å². The Labute approximate surface area is 153 Å². The van der Waals surface area contributed by atoms with Crippen molar-refractivity contribution in [2.24, 2.45) is 0 Å². The van der Waals surface area contributed by atoms with Crippen molar-refractivity contribution in [1.82, 2.24) is 9.47 Å². The van der Waals surface area contributed by atoms with E-state index >= 15 is 0 Å². The molecule has 4 rings (SSSR count). The molecule has 0 spiro atoms. The highest BCUT2D eigenvalue weighted by molar-refractivity contribution is 5.81. The van der Waals surface area contributed by atoms with Crippen LogP contribution < -0.4 is 4.74 Å². The highest BCUT2D eigenvalue weighted by atomic mass is 16.5. The molecule has 0 amide bonds. The van der Waals surface area contributed by atoms with E-state index in [-0.39, 0.29) is 0 Å². The maximum atomic E-state index is 10.6. The zero-order valence-electron chi connectivity index (χ0n) is 14.9. The zero-order chi connectivity index (χ0) is 18.1. The van der Waals surface area contributed by atoms with Crippen molar-refractivity contribution in [2.45, 2.75) is 25.6 Å². The van der Waals surface area contributed by atoms with E-state index in [4.69, 9.17) is 4.74 Å². The Kier molecular flexibility index (Phi) is 4.57. The second-order valence-corrected chi connectivity index (χ2v) is 6.98. The summed E-state index contributed by atoms with van der Waals surface area (Å²) in [7, 11) is 1.67. The van der Waals surface area contributed by atoms with E-state index in [1.54, 1.807) is 13.2 Å². The fourth-order valence-electron chi connectivity index (χ4n) is 3.80. The number of benzene rings is 2. The van der Waals surface area contributed by atoms with Gasteiger partial charge >= 0.3 is 0 Å². The summed E-state index contributed by atoms with van der Waals surface area (Å²) in [5, 5.41) is 21.3. The van der Waals surface area contributed by atoms with Gasteiger partial charge in [-0.05, 0) is 53.9 Å². The third-order valence-corrected chi connectivity index (χ3v) is 5.14. The number of aromatic nitrogens is 1. The molecule has 136 valence electrons. The highest BCUT2D eigenvalue weighted by Crippen LogP contribution is 2.24. The molecule has 0 unspecified atom stereocenters. The van der Waals surface area contributed by atoms with E-state index in [9.17, 15) is 10.2 Å². The first-order chi connectivity index (χ1) is 12.6. The molecular weight excluding hydrogens is 328 g/mol. The summed E-state index contributed by atoms with van der Waals surface area (Å²) in [4.78, 5) is 2.28. The first-order valence-electron chi connectivity index (χ1n) is 8.96. The molecule has 5 nitrogen and oxygen atoms in total. The summed E-state index contributed by atoms with van der Waals surface area (Å²) >= 11 is 0. The molecule has 1 aromatic heterocycles. The Morgan fingerprint density at radius 2 is 1.96 bits per heavy atom. The van der Waals surface area contributed by atoms with Crippen LogP contribution in [0.3, 0.4) is 0 Å². The standard InChI is InChI=1S/C21H24N2O3/c1-26-20-4-5-21-16(11-20)7-9-23(21)14-19(25)13-22-8-6-15-10-18(24)3-2-17(15)12-22/h2-5,7,9-11,19,24-25H,6,8,12-14H2,1H3/t19-/m1/s1. The Hall–Kier alpha value is -2.50. The van der Waals surface area contributed by atoms with Crippen LogP contribution in [0.2, 0.25) is 0 Å². The van der Waals surface area contributed by atoms with Crippen LogP contribution >= 0.6 is 0 Å².